The number of rotatable bonds is 5. The summed E-state index contributed by atoms with van der Waals surface area (Å²) >= 11 is 0. The second kappa shape index (κ2) is 5.93. The van der Waals surface area contributed by atoms with Crippen LogP contribution in [0.2, 0.25) is 0 Å². The van der Waals surface area contributed by atoms with E-state index in [0.717, 1.165) is 19.2 Å². The van der Waals surface area contributed by atoms with Crippen LogP contribution in [0.3, 0.4) is 0 Å². The third-order valence-corrected chi connectivity index (χ3v) is 3.63. The van der Waals surface area contributed by atoms with Crippen molar-refractivity contribution >= 4 is 17.7 Å². The molecule has 0 saturated carbocycles. The van der Waals surface area contributed by atoms with Gasteiger partial charge in [0.15, 0.2) is 4.90 Å². The van der Waals surface area contributed by atoms with E-state index >= 15 is 0 Å². The van der Waals surface area contributed by atoms with Gasteiger partial charge in [-0.25, -0.2) is 0 Å². The van der Waals surface area contributed by atoms with E-state index in [1.54, 1.807) is 0 Å². The Morgan fingerprint density at radius 3 is 2.29 bits per heavy atom. The zero-order valence-corrected chi connectivity index (χ0v) is 12.3. The SMILES string of the molecule is COc1cccc(C(F)(F)F)c1S(=O)(=O)OOP(C)(=O)O. The van der Waals surface area contributed by atoms with Crippen LogP contribution < -0.4 is 4.74 Å². The lowest BCUT2D eigenvalue weighted by atomic mass is 10.2. The maximum atomic E-state index is 12.8. The fourth-order valence-electron chi connectivity index (χ4n) is 1.29. The van der Waals surface area contributed by atoms with Crippen LogP contribution in [-0.4, -0.2) is 27.1 Å². The Kier molecular flexibility index (Phi) is 5.06. The van der Waals surface area contributed by atoms with Gasteiger partial charge >= 0.3 is 23.9 Å². The summed E-state index contributed by atoms with van der Waals surface area (Å²) in [5.41, 5.74) is -1.56. The maximum absolute atomic E-state index is 12.8. The molecule has 0 aliphatic carbocycles. The van der Waals surface area contributed by atoms with Gasteiger partial charge in [0.1, 0.15) is 5.75 Å². The first-order valence-electron chi connectivity index (χ1n) is 5.06. The van der Waals surface area contributed by atoms with Crippen LogP contribution in [0.25, 0.3) is 0 Å². The molecule has 1 aromatic carbocycles. The van der Waals surface area contributed by atoms with Crippen LogP contribution in [-0.2, 0) is 29.9 Å². The van der Waals surface area contributed by atoms with Crippen molar-refractivity contribution in [2.24, 2.45) is 0 Å². The summed E-state index contributed by atoms with van der Waals surface area (Å²) in [5, 5.41) is 0. The fraction of sp³-hybridized carbons (Fsp3) is 0.333. The van der Waals surface area contributed by atoms with E-state index in [1.165, 1.54) is 0 Å². The van der Waals surface area contributed by atoms with E-state index in [9.17, 15) is 26.2 Å². The molecule has 0 spiro atoms. The van der Waals surface area contributed by atoms with E-state index in [4.69, 9.17) is 4.89 Å². The third kappa shape index (κ3) is 4.68. The molecule has 0 radical (unpaired) electrons. The highest BCUT2D eigenvalue weighted by Crippen LogP contribution is 2.42. The first-order chi connectivity index (χ1) is 9.38. The first kappa shape index (κ1) is 17.9. The van der Waals surface area contributed by atoms with Crippen LogP contribution in [0, 0.1) is 0 Å². The van der Waals surface area contributed by atoms with Crippen molar-refractivity contribution in [3.63, 3.8) is 0 Å². The van der Waals surface area contributed by atoms with Crippen LogP contribution in [0.1, 0.15) is 5.56 Å². The van der Waals surface area contributed by atoms with E-state index in [0.29, 0.717) is 12.7 Å². The lowest BCUT2D eigenvalue weighted by Gasteiger charge is -2.15. The summed E-state index contributed by atoms with van der Waals surface area (Å²) in [6.45, 7) is 0.593. The van der Waals surface area contributed by atoms with Gasteiger partial charge in [-0.15, -0.1) is 4.67 Å². The van der Waals surface area contributed by atoms with Gasteiger partial charge in [-0.3, -0.25) is 4.57 Å². The second-order valence-corrected chi connectivity index (χ2v) is 6.94. The van der Waals surface area contributed by atoms with Gasteiger partial charge in [0.2, 0.25) is 0 Å². The van der Waals surface area contributed by atoms with E-state index in [-0.39, 0.29) is 0 Å². The Bertz CT molecular complexity index is 664. The Morgan fingerprint density at radius 2 is 1.86 bits per heavy atom. The zero-order chi connectivity index (χ0) is 16.5. The molecule has 120 valence electrons. The van der Waals surface area contributed by atoms with Crippen LogP contribution >= 0.6 is 7.60 Å². The van der Waals surface area contributed by atoms with Gasteiger partial charge in [-0.2, -0.15) is 21.6 Å². The van der Waals surface area contributed by atoms with Gasteiger partial charge in [-0.1, -0.05) is 10.4 Å². The average Bonchev–Trinajstić information content (AvgIpc) is 2.33. The smallest absolute Gasteiger partial charge is 0.417 e. The predicted octanol–water partition coefficient (Wildman–Crippen LogP) is 2.17. The largest absolute Gasteiger partial charge is 0.495 e. The van der Waals surface area contributed by atoms with Gasteiger partial charge in [0, 0.05) is 6.66 Å². The van der Waals surface area contributed by atoms with Crippen molar-refractivity contribution in [2.75, 3.05) is 13.8 Å². The summed E-state index contributed by atoms with van der Waals surface area (Å²) in [4.78, 5) is 7.42. The molecule has 0 heterocycles. The summed E-state index contributed by atoms with van der Waals surface area (Å²) < 4.78 is 84.9. The van der Waals surface area contributed by atoms with Crippen LogP contribution in [0.4, 0.5) is 13.2 Å². The average molecular weight is 350 g/mol. The molecule has 12 heteroatoms. The molecule has 1 atom stereocenters. The van der Waals surface area contributed by atoms with Crippen LogP contribution in [0.5, 0.6) is 5.75 Å². The van der Waals surface area contributed by atoms with Crippen molar-refractivity contribution in [3.8, 4) is 5.75 Å². The van der Waals surface area contributed by atoms with Crippen molar-refractivity contribution in [1.29, 1.82) is 0 Å². The second-order valence-electron chi connectivity index (χ2n) is 3.73. The molecule has 1 rings (SSSR count). The van der Waals surface area contributed by atoms with Gasteiger partial charge in [0.25, 0.3) is 0 Å². The molecule has 0 amide bonds. The van der Waals surface area contributed by atoms with Gasteiger partial charge in [0.05, 0.1) is 12.7 Å². The molecule has 7 nitrogen and oxygen atoms in total. The van der Waals surface area contributed by atoms with Crippen molar-refractivity contribution < 1.29 is 44.8 Å². The number of hydrogen-bond acceptors (Lipinski definition) is 6. The monoisotopic (exact) mass is 350 g/mol. The molecule has 0 aliphatic heterocycles. The highest BCUT2D eigenvalue weighted by atomic mass is 32.2. The molecule has 1 N–H and O–H groups in total. The molecular weight excluding hydrogens is 340 g/mol. The molecule has 1 unspecified atom stereocenters. The molecule has 0 fully saturated rings. The van der Waals surface area contributed by atoms with Gasteiger partial charge < -0.3 is 9.63 Å². The molecule has 0 bridgehead atoms. The Balaban J connectivity index is 3.43. The van der Waals surface area contributed by atoms with E-state index in [1.807, 2.05) is 0 Å². The molecule has 0 aromatic heterocycles. The molecule has 1 aromatic rings. The summed E-state index contributed by atoms with van der Waals surface area (Å²) in [5.74, 6) is -0.655. The minimum atomic E-state index is -5.15. The van der Waals surface area contributed by atoms with Crippen molar-refractivity contribution in [2.45, 2.75) is 11.1 Å². The van der Waals surface area contributed by atoms with E-state index in [2.05, 4.69) is 13.7 Å². The molecule has 0 aliphatic rings. The van der Waals surface area contributed by atoms with Crippen LogP contribution in [0.15, 0.2) is 23.1 Å². The van der Waals surface area contributed by atoms with Crippen molar-refractivity contribution in [1.82, 2.24) is 0 Å². The molecule has 21 heavy (non-hydrogen) atoms. The maximum Gasteiger partial charge on any atom is 0.417 e. The molecular formula is C9H10F3O7PS. The number of halogens is 3. The highest BCUT2D eigenvalue weighted by Gasteiger charge is 2.40. The normalized spacial score (nSPS) is 15.5. The Labute approximate surface area is 117 Å². The van der Waals surface area contributed by atoms with Gasteiger partial charge in [-0.05, 0) is 12.1 Å². The molecule has 0 saturated heterocycles. The Morgan fingerprint density at radius 1 is 1.29 bits per heavy atom. The third-order valence-electron chi connectivity index (χ3n) is 2.01. The number of ether oxygens (including phenoxy) is 1. The number of methoxy groups -OCH3 is 1. The minimum Gasteiger partial charge on any atom is -0.495 e. The Hall–Kier alpha value is -1.13. The highest BCUT2D eigenvalue weighted by molar-refractivity contribution is 7.87. The topological polar surface area (TPSA) is 99.1 Å². The first-order valence-corrected chi connectivity index (χ1v) is 8.49. The summed E-state index contributed by atoms with van der Waals surface area (Å²) in [6, 6.07) is 2.37. The predicted molar refractivity (Wildman–Crippen MR) is 63.1 cm³/mol. The lowest BCUT2D eigenvalue weighted by Crippen LogP contribution is -2.16. The van der Waals surface area contributed by atoms with E-state index < -0.39 is 40.1 Å². The quantitative estimate of drug-likeness (QED) is 0.493. The minimum absolute atomic E-state index is 0.489. The summed E-state index contributed by atoms with van der Waals surface area (Å²) in [7, 11) is -8.58. The summed E-state index contributed by atoms with van der Waals surface area (Å²) in [6.07, 6.45) is -5.02. The van der Waals surface area contributed by atoms with Crippen molar-refractivity contribution in [3.05, 3.63) is 23.8 Å². The number of alkyl halides is 3. The zero-order valence-electron chi connectivity index (χ0n) is 10.6. The lowest BCUT2D eigenvalue weighted by molar-refractivity contribution is -0.141. The standard InChI is InChI=1S/C9H10F3O7PS/c1-17-7-5-3-4-6(9(10,11)12)8(7)21(15,16)19-18-20(2,13)14/h3-5H,1-2H3,(H,13,14). The fourth-order valence-corrected chi connectivity index (χ4v) is 2.98. The number of hydrogen-bond donors (Lipinski definition) is 1. The number of benzene rings is 1.